The highest BCUT2D eigenvalue weighted by Crippen LogP contribution is 2.37. The van der Waals surface area contributed by atoms with E-state index in [1.54, 1.807) is 0 Å². The fraction of sp³-hybridized carbons (Fsp3) is 0.200. The van der Waals surface area contributed by atoms with Crippen molar-refractivity contribution < 1.29 is 14.6 Å². The standard InChI is InChI=1S/C30H25ClN2O3/c31-22-9-5-19(6-10-22)17-33-28-13-8-21(30(34)35)15-25(28)26-16-24(12-14-29(26)33)36-18-23-11-7-20-3-1-2-4-27(20)32-23/h1-7,9-12,14,16,21H,8,13,15,17-18H2,(H,34,35). The van der Waals surface area contributed by atoms with E-state index < -0.39 is 5.97 Å². The normalized spacial score (nSPS) is 15.2. The molecule has 1 unspecified atom stereocenters. The number of halogens is 1. The number of aromatic nitrogens is 2. The number of hydrogen-bond acceptors (Lipinski definition) is 3. The van der Waals surface area contributed by atoms with Crippen LogP contribution in [0.3, 0.4) is 0 Å². The molecular formula is C30H25ClN2O3. The Bertz CT molecular complexity index is 1590. The Morgan fingerprint density at radius 3 is 2.72 bits per heavy atom. The Morgan fingerprint density at radius 2 is 1.89 bits per heavy atom. The summed E-state index contributed by atoms with van der Waals surface area (Å²) >= 11 is 6.09. The van der Waals surface area contributed by atoms with Crippen LogP contribution in [0, 0.1) is 5.92 Å². The van der Waals surface area contributed by atoms with Gasteiger partial charge in [-0.2, -0.15) is 0 Å². The molecule has 1 atom stereocenters. The van der Waals surface area contributed by atoms with Gasteiger partial charge in [0.05, 0.1) is 17.1 Å². The van der Waals surface area contributed by atoms with Gasteiger partial charge < -0.3 is 14.4 Å². The molecule has 180 valence electrons. The summed E-state index contributed by atoms with van der Waals surface area (Å²) in [4.78, 5) is 16.5. The number of hydrogen-bond donors (Lipinski definition) is 1. The van der Waals surface area contributed by atoms with Crippen molar-refractivity contribution in [3.63, 3.8) is 0 Å². The molecule has 0 radical (unpaired) electrons. The number of carbonyl (C=O) groups is 1. The van der Waals surface area contributed by atoms with Gasteiger partial charge in [-0.05, 0) is 72.9 Å². The maximum atomic E-state index is 11.8. The van der Waals surface area contributed by atoms with Crippen molar-refractivity contribution in [2.24, 2.45) is 5.92 Å². The summed E-state index contributed by atoms with van der Waals surface area (Å²) in [5.74, 6) is -0.339. The van der Waals surface area contributed by atoms with E-state index in [-0.39, 0.29) is 5.92 Å². The second kappa shape index (κ2) is 9.32. The molecule has 1 N–H and O–H groups in total. The van der Waals surface area contributed by atoms with Gasteiger partial charge in [-0.1, -0.05) is 48.0 Å². The van der Waals surface area contributed by atoms with Gasteiger partial charge in [-0.15, -0.1) is 0 Å². The van der Waals surface area contributed by atoms with E-state index in [0.29, 0.717) is 31.0 Å². The van der Waals surface area contributed by atoms with Crippen molar-refractivity contribution >= 4 is 39.4 Å². The van der Waals surface area contributed by atoms with Crippen LogP contribution in [0.4, 0.5) is 0 Å². The minimum absolute atomic E-state index is 0.363. The van der Waals surface area contributed by atoms with Gasteiger partial charge in [-0.25, -0.2) is 4.98 Å². The first-order chi connectivity index (χ1) is 17.5. The van der Waals surface area contributed by atoms with Crippen molar-refractivity contribution in [3.8, 4) is 5.75 Å². The number of aliphatic carboxylic acids is 1. The molecular weight excluding hydrogens is 472 g/mol. The van der Waals surface area contributed by atoms with Crippen molar-refractivity contribution in [1.82, 2.24) is 9.55 Å². The SMILES string of the molecule is O=C(O)C1CCc2c(c3cc(OCc4ccc5ccccc5n4)ccc3n2Cc2ccc(Cl)cc2)C1. The lowest BCUT2D eigenvalue weighted by atomic mass is 9.86. The van der Waals surface area contributed by atoms with Crippen LogP contribution in [0.15, 0.2) is 78.9 Å². The molecule has 0 spiro atoms. The van der Waals surface area contributed by atoms with Gasteiger partial charge in [0.25, 0.3) is 0 Å². The van der Waals surface area contributed by atoms with Crippen LogP contribution < -0.4 is 4.74 Å². The third-order valence-corrected chi connectivity index (χ3v) is 7.34. The molecule has 1 aliphatic rings. The molecule has 2 aromatic heterocycles. The number of para-hydroxylation sites is 1. The van der Waals surface area contributed by atoms with Gasteiger partial charge in [0.15, 0.2) is 0 Å². The quantitative estimate of drug-likeness (QED) is 0.285. The van der Waals surface area contributed by atoms with Gasteiger partial charge in [0, 0.05) is 33.6 Å². The maximum absolute atomic E-state index is 11.8. The summed E-state index contributed by atoms with van der Waals surface area (Å²) in [6, 6.07) is 26.1. The summed E-state index contributed by atoms with van der Waals surface area (Å²) < 4.78 is 8.47. The number of rotatable bonds is 6. The molecule has 1 aliphatic carbocycles. The second-order valence-corrected chi connectivity index (χ2v) is 9.82. The highest BCUT2D eigenvalue weighted by atomic mass is 35.5. The first-order valence-corrected chi connectivity index (χ1v) is 12.5. The Kier molecular flexibility index (Phi) is 5.86. The number of nitrogens with zero attached hydrogens (tertiary/aromatic N) is 2. The fourth-order valence-electron chi connectivity index (χ4n) is 5.23. The smallest absolute Gasteiger partial charge is 0.306 e. The average Bonchev–Trinajstić information content (AvgIpc) is 3.20. The summed E-state index contributed by atoms with van der Waals surface area (Å²) in [6.45, 7) is 1.07. The number of benzene rings is 3. The Balaban J connectivity index is 1.34. The largest absolute Gasteiger partial charge is 0.487 e. The average molecular weight is 497 g/mol. The lowest BCUT2D eigenvalue weighted by molar-refractivity contribution is -0.142. The molecule has 0 amide bonds. The van der Waals surface area contributed by atoms with E-state index in [1.807, 2.05) is 60.7 Å². The molecule has 0 fully saturated rings. The first kappa shape index (κ1) is 22.6. The Morgan fingerprint density at radius 1 is 1.06 bits per heavy atom. The van der Waals surface area contributed by atoms with Crippen molar-refractivity contribution in [2.45, 2.75) is 32.4 Å². The molecule has 0 saturated carbocycles. The van der Waals surface area contributed by atoms with Crippen LogP contribution in [0.2, 0.25) is 5.02 Å². The molecule has 2 heterocycles. The number of pyridine rings is 1. The van der Waals surface area contributed by atoms with Crippen LogP contribution in [-0.4, -0.2) is 20.6 Å². The zero-order chi connectivity index (χ0) is 24.6. The van der Waals surface area contributed by atoms with Crippen LogP contribution in [0.25, 0.3) is 21.8 Å². The molecule has 5 aromatic rings. The summed E-state index contributed by atoms with van der Waals surface area (Å²) in [5, 5.41) is 12.6. The lowest BCUT2D eigenvalue weighted by Crippen LogP contribution is -2.23. The van der Waals surface area contributed by atoms with Crippen LogP contribution in [0.5, 0.6) is 5.75 Å². The lowest BCUT2D eigenvalue weighted by Gasteiger charge is -2.21. The van der Waals surface area contributed by atoms with Gasteiger partial charge in [0.2, 0.25) is 0 Å². The molecule has 36 heavy (non-hydrogen) atoms. The minimum atomic E-state index is -0.728. The summed E-state index contributed by atoms with van der Waals surface area (Å²) in [7, 11) is 0. The van der Waals surface area contributed by atoms with Crippen molar-refractivity contribution in [1.29, 1.82) is 0 Å². The predicted octanol–water partition coefficient (Wildman–Crippen LogP) is 6.66. The van der Waals surface area contributed by atoms with Crippen LogP contribution in [0.1, 0.15) is 28.9 Å². The molecule has 6 heteroatoms. The third kappa shape index (κ3) is 4.31. The van der Waals surface area contributed by atoms with Gasteiger partial charge in [-0.3, -0.25) is 4.79 Å². The van der Waals surface area contributed by atoms with Crippen molar-refractivity contribution in [3.05, 3.63) is 106 Å². The zero-order valence-corrected chi connectivity index (χ0v) is 20.4. The molecule has 0 aliphatic heterocycles. The fourth-order valence-corrected chi connectivity index (χ4v) is 5.35. The Hall–Kier alpha value is -3.83. The van der Waals surface area contributed by atoms with E-state index >= 15 is 0 Å². The Labute approximate surface area is 213 Å². The van der Waals surface area contributed by atoms with E-state index in [9.17, 15) is 9.90 Å². The van der Waals surface area contributed by atoms with Gasteiger partial charge in [0.1, 0.15) is 12.4 Å². The number of ether oxygens (including phenoxy) is 1. The minimum Gasteiger partial charge on any atom is -0.487 e. The van der Waals surface area contributed by atoms with Crippen molar-refractivity contribution in [2.75, 3.05) is 0 Å². The summed E-state index contributed by atoms with van der Waals surface area (Å²) in [5.41, 5.74) is 6.39. The van der Waals surface area contributed by atoms with E-state index in [2.05, 4.69) is 22.8 Å². The second-order valence-electron chi connectivity index (χ2n) is 9.38. The van der Waals surface area contributed by atoms with Crippen LogP contribution in [-0.2, 0) is 30.8 Å². The highest BCUT2D eigenvalue weighted by Gasteiger charge is 2.29. The highest BCUT2D eigenvalue weighted by molar-refractivity contribution is 6.30. The third-order valence-electron chi connectivity index (χ3n) is 7.08. The zero-order valence-electron chi connectivity index (χ0n) is 19.7. The van der Waals surface area contributed by atoms with E-state index in [4.69, 9.17) is 21.3 Å². The molecule has 3 aromatic carbocycles. The van der Waals surface area contributed by atoms with E-state index in [0.717, 1.165) is 50.8 Å². The first-order valence-electron chi connectivity index (χ1n) is 12.1. The van der Waals surface area contributed by atoms with Gasteiger partial charge >= 0.3 is 5.97 Å². The molecule has 0 bridgehead atoms. The molecule has 5 nitrogen and oxygen atoms in total. The molecule has 6 rings (SSSR count). The number of carboxylic acid groups (broad SMARTS) is 1. The van der Waals surface area contributed by atoms with Crippen LogP contribution >= 0.6 is 11.6 Å². The van der Waals surface area contributed by atoms with E-state index in [1.165, 1.54) is 5.69 Å². The molecule has 0 saturated heterocycles. The maximum Gasteiger partial charge on any atom is 0.306 e. The predicted molar refractivity (Wildman–Crippen MR) is 142 cm³/mol. The summed E-state index contributed by atoms with van der Waals surface area (Å²) in [6.07, 6.45) is 1.92. The number of fused-ring (bicyclic) bond motifs is 4. The monoisotopic (exact) mass is 496 g/mol. The number of carboxylic acids is 1. The topological polar surface area (TPSA) is 64.3 Å².